The van der Waals surface area contributed by atoms with Gasteiger partial charge in [-0.1, -0.05) is 102 Å². The van der Waals surface area contributed by atoms with Crippen LogP contribution >= 0.6 is 0 Å². The average molecular weight is 513 g/mol. The molecule has 1 saturated heterocycles. The molecule has 0 aromatic heterocycles. The minimum Gasteiger partial charge on any atom is -0.463 e. The summed E-state index contributed by atoms with van der Waals surface area (Å²) in [7, 11) is -2.64. The van der Waals surface area contributed by atoms with Gasteiger partial charge in [0.15, 0.2) is 6.29 Å². The van der Waals surface area contributed by atoms with Crippen LogP contribution in [0.5, 0.6) is 0 Å². The Morgan fingerprint density at radius 3 is 1.92 bits per heavy atom. The molecule has 36 heavy (non-hydrogen) atoms. The minimum atomic E-state index is -2.64. The van der Waals surface area contributed by atoms with Crippen molar-refractivity contribution >= 4 is 24.7 Å². The van der Waals surface area contributed by atoms with Gasteiger partial charge in [-0.2, -0.15) is 0 Å². The van der Waals surface area contributed by atoms with Crippen LogP contribution in [0.3, 0.4) is 0 Å². The van der Waals surface area contributed by atoms with Crippen molar-refractivity contribution in [3.05, 3.63) is 60.7 Å². The highest BCUT2D eigenvalue weighted by Gasteiger charge is 2.50. The molecule has 6 heteroatoms. The zero-order valence-corrected chi connectivity index (χ0v) is 24.2. The van der Waals surface area contributed by atoms with Crippen LogP contribution < -0.4 is 10.4 Å². The Bertz CT molecular complexity index is 919. The lowest BCUT2D eigenvalue weighted by Crippen LogP contribution is -2.67. The molecule has 3 rings (SSSR count). The lowest BCUT2D eigenvalue weighted by Gasteiger charge is -2.45. The fraction of sp³-hybridized carbons (Fsp3) is 0.567. The first kappa shape index (κ1) is 28.6. The molecule has 6 atom stereocenters. The van der Waals surface area contributed by atoms with E-state index in [4.69, 9.17) is 18.6 Å². The molecule has 0 aliphatic carbocycles. The van der Waals surface area contributed by atoms with E-state index in [1.54, 1.807) is 0 Å². The Morgan fingerprint density at radius 1 is 0.917 bits per heavy atom. The lowest BCUT2D eigenvalue weighted by molar-refractivity contribution is -0.270. The summed E-state index contributed by atoms with van der Waals surface area (Å²) in [5.74, 6) is 0.558. The van der Waals surface area contributed by atoms with Crippen LogP contribution in [0.2, 0.25) is 5.04 Å². The van der Waals surface area contributed by atoms with E-state index in [0.717, 1.165) is 0 Å². The van der Waals surface area contributed by atoms with Crippen LogP contribution in [0.15, 0.2) is 60.7 Å². The molecule has 2 unspecified atom stereocenters. The topological polar surface area (TPSA) is 54.0 Å². The number of hydrogen-bond acceptors (Lipinski definition) is 5. The second-order valence-corrected chi connectivity index (χ2v) is 15.6. The molecule has 2 aromatic carbocycles. The summed E-state index contributed by atoms with van der Waals surface area (Å²) in [6, 6.07) is 21.3. The van der Waals surface area contributed by atoms with Crippen LogP contribution in [0.25, 0.3) is 0 Å². The van der Waals surface area contributed by atoms with Crippen molar-refractivity contribution < 1.29 is 23.4 Å². The molecule has 5 nitrogen and oxygen atoms in total. The Balaban J connectivity index is 1.81. The highest BCUT2D eigenvalue weighted by Crippen LogP contribution is 2.38. The molecular formula is C30H44O5Si. The van der Waals surface area contributed by atoms with Crippen molar-refractivity contribution in [1.82, 2.24) is 0 Å². The van der Waals surface area contributed by atoms with E-state index in [0.29, 0.717) is 12.5 Å². The van der Waals surface area contributed by atoms with E-state index < -0.39 is 8.32 Å². The van der Waals surface area contributed by atoms with Gasteiger partial charge in [0.1, 0.15) is 6.61 Å². The van der Waals surface area contributed by atoms with Crippen LogP contribution in [-0.4, -0.2) is 46.0 Å². The van der Waals surface area contributed by atoms with Gasteiger partial charge in [-0.15, -0.1) is 0 Å². The Labute approximate surface area is 218 Å². The number of hydrogen-bond donors (Lipinski definition) is 0. The summed E-state index contributed by atoms with van der Waals surface area (Å²) in [6.45, 7) is 17.6. The summed E-state index contributed by atoms with van der Waals surface area (Å²) in [5, 5.41) is 2.41. The van der Waals surface area contributed by atoms with Crippen molar-refractivity contribution in [3.63, 3.8) is 0 Å². The van der Waals surface area contributed by atoms with Crippen molar-refractivity contribution in [2.75, 3.05) is 13.2 Å². The standard InChI is InChI=1S/C30H44O5Si/c1-21(34-29-24(4)22(2)23(3)28(35-29)20-32-25(5)31)19-33-36(30(6,7)8,26-15-11-9-12-16-26)27-17-13-10-14-18-27/h9-18,21-24,28-29H,19-20H2,1-8H3/t21-,22+,23+,24?,28?,29+/m1/s1. The second-order valence-electron chi connectivity index (χ2n) is 11.3. The van der Waals surface area contributed by atoms with Gasteiger partial charge in [-0.25, -0.2) is 0 Å². The Kier molecular flexibility index (Phi) is 9.55. The van der Waals surface area contributed by atoms with Gasteiger partial charge in [0.05, 0.1) is 18.8 Å². The summed E-state index contributed by atoms with van der Waals surface area (Å²) in [6.07, 6.45) is -0.738. The highest BCUT2D eigenvalue weighted by molar-refractivity contribution is 6.99. The lowest BCUT2D eigenvalue weighted by atomic mass is 9.79. The third kappa shape index (κ3) is 6.28. The van der Waals surface area contributed by atoms with Crippen molar-refractivity contribution in [2.24, 2.45) is 17.8 Å². The van der Waals surface area contributed by atoms with Crippen molar-refractivity contribution in [2.45, 2.75) is 78.9 Å². The first-order valence-corrected chi connectivity index (χ1v) is 15.1. The molecule has 0 amide bonds. The number of benzene rings is 2. The van der Waals surface area contributed by atoms with Crippen LogP contribution in [0, 0.1) is 17.8 Å². The maximum atomic E-state index is 11.4. The Hall–Kier alpha value is -1.99. The van der Waals surface area contributed by atoms with Gasteiger partial charge in [0.25, 0.3) is 8.32 Å². The molecule has 0 saturated carbocycles. The van der Waals surface area contributed by atoms with Gasteiger partial charge in [-0.3, -0.25) is 4.79 Å². The minimum absolute atomic E-state index is 0.0941. The maximum absolute atomic E-state index is 11.4. The molecule has 198 valence electrons. The molecule has 1 fully saturated rings. The molecule has 0 bridgehead atoms. The normalized spacial score (nSPS) is 25.8. The Morgan fingerprint density at radius 2 is 1.44 bits per heavy atom. The number of esters is 1. The highest BCUT2D eigenvalue weighted by atomic mass is 28.4. The summed E-state index contributed by atoms with van der Waals surface area (Å²) >= 11 is 0. The number of carbonyl (C=O) groups excluding carboxylic acids is 1. The van der Waals surface area contributed by atoms with Gasteiger partial charge in [0, 0.05) is 12.8 Å². The van der Waals surface area contributed by atoms with Gasteiger partial charge in [0.2, 0.25) is 0 Å². The van der Waals surface area contributed by atoms with Crippen molar-refractivity contribution in [3.8, 4) is 0 Å². The third-order valence-corrected chi connectivity index (χ3v) is 12.8. The molecule has 0 spiro atoms. The average Bonchev–Trinajstić information content (AvgIpc) is 2.84. The van der Waals surface area contributed by atoms with E-state index in [1.807, 2.05) is 0 Å². The van der Waals surface area contributed by atoms with Crippen molar-refractivity contribution in [1.29, 1.82) is 0 Å². The molecule has 1 aliphatic heterocycles. The number of ether oxygens (including phenoxy) is 3. The van der Waals surface area contributed by atoms with Crippen LogP contribution in [0.4, 0.5) is 0 Å². The fourth-order valence-electron chi connectivity index (χ4n) is 5.30. The summed E-state index contributed by atoms with van der Waals surface area (Å²) in [4.78, 5) is 11.4. The molecular weight excluding hydrogens is 468 g/mol. The van der Waals surface area contributed by atoms with Gasteiger partial charge in [-0.05, 0) is 34.2 Å². The third-order valence-electron chi connectivity index (χ3n) is 7.75. The van der Waals surface area contributed by atoms with Gasteiger partial charge < -0.3 is 18.6 Å². The van der Waals surface area contributed by atoms with E-state index in [1.165, 1.54) is 17.3 Å². The van der Waals surface area contributed by atoms with E-state index in [9.17, 15) is 4.79 Å². The van der Waals surface area contributed by atoms with E-state index in [-0.39, 0.29) is 47.9 Å². The largest absolute Gasteiger partial charge is 0.463 e. The molecule has 1 heterocycles. The molecule has 0 radical (unpaired) electrons. The smallest absolute Gasteiger partial charge is 0.302 e. The van der Waals surface area contributed by atoms with Crippen LogP contribution in [0.1, 0.15) is 55.4 Å². The summed E-state index contributed by atoms with van der Waals surface area (Å²) in [5.41, 5.74) is 0. The number of carbonyl (C=O) groups is 1. The maximum Gasteiger partial charge on any atom is 0.302 e. The SMILES string of the molecule is CC(=O)OCC1O[C@H](O[C@H](C)CO[Si](c2ccccc2)(c2ccccc2)C(C)(C)C)C(C)[C@@H](C)[C@@H]1C. The molecule has 1 aliphatic rings. The molecule has 0 N–H and O–H groups in total. The zero-order chi connectivity index (χ0) is 26.5. The molecule has 2 aromatic rings. The van der Waals surface area contributed by atoms with Crippen LogP contribution in [-0.2, 0) is 23.4 Å². The van der Waals surface area contributed by atoms with E-state index >= 15 is 0 Å². The van der Waals surface area contributed by atoms with Gasteiger partial charge >= 0.3 is 5.97 Å². The summed E-state index contributed by atoms with van der Waals surface area (Å²) < 4.78 is 25.1. The fourth-order valence-corrected chi connectivity index (χ4v) is 9.94. The van der Waals surface area contributed by atoms with E-state index in [2.05, 4.69) is 109 Å². The predicted octanol–water partition coefficient (Wildman–Crippen LogP) is 5.16. The first-order valence-electron chi connectivity index (χ1n) is 13.2. The predicted molar refractivity (Wildman–Crippen MR) is 147 cm³/mol. The quantitative estimate of drug-likeness (QED) is 0.343. The monoisotopic (exact) mass is 512 g/mol. The first-order chi connectivity index (χ1) is 17.0. The zero-order valence-electron chi connectivity index (χ0n) is 23.2. The second kappa shape index (κ2) is 12.0. The number of rotatable bonds is 9.